The SMILES string of the molecule is Cc1ccc2nc(O[C@@H]3C[C@H]4C(=O)N[C@]5(C(=O)NS(=O)(=O)C6(C)CC6)C[C@H]5C(C)CCCCCC[C@H](Nc5cccc(C(F)(F)F)c5)C(=O)N4C3)sc2c1. The molecule has 2 saturated carbocycles. The summed E-state index contributed by atoms with van der Waals surface area (Å²) in [4.78, 5) is 49.0. The van der Waals surface area contributed by atoms with Crippen molar-refractivity contribution < 1.29 is 40.7 Å². The number of carbonyl (C=O) groups is 3. The Hall–Kier alpha value is -3.92. The van der Waals surface area contributed by atoms with E-state index in [1.807, 2.05) is 32.0 Å². The topological polar surface area (TPSA) is 147 Å². The molecule has 3 heterocycles. The highest BCUT2D eigenvalue weighted by atomic mass is 32.2. The molecule has 0 radical (unpaired) electrons. The molecule has 2 saturated heterocycles. The number of alkyl halides is 3. The minimum Gasteiger partial charge on any atom is -0.465 e. The molecule has 292 valence electrons. The molecule has 2 aromatic carbocycles. The molecule has 3 N–H and O–H groups in total. The maximum Gasteiger partial charge on any atom is 0.416 e. The van der Waals surface area contributed by atoms with Crippen LogP contribution < -0.4 is 20.1 Å². The summed E-state index contributed by atoms with van der Waals surface area (Å²) in [6.45, 7) is 5.54. The monoisotopic (exact) mass is 789 g/mol. The van der Waals surface area contributed by atoms with Gasteiger partial charge in [0.1, 0.15) is 23.7 Å². The quantitative estimate of drug-likeness (QED) is 0.252. The minimum atomic E-state index is -4.58. The molecule has 0 spiro atoms. The van der Waals surface area contributed by atoms with Gasteiger partial charge in [-0.15, -0.1) is 0 Å². The summed E-state index contributed by atoms with van der Waals surface area (Å²) in [6, 6.07) is 8.40. The van der Waals surface area contributed by atoms with Crippen molar-refractivity contribution in [2.75, 3.05) is 11.9 Å². The fourth-order valence-electron chi connectivity index (χ4n) is 7.91. The van der Waals surface area contributed by atoms with Crippen LogP contribution in [0.5, 0.6) is 5.19 Å². The summed E-state index contributed by atoms with van der Waals surface area (Å²) in [5, 5.41) is 6.33. The predicted molar refractivity (Wildman–Crippen MR) is 198 cm³/mol. The van der Waals surface area contributed by atoms with Gasteiger partial charge in [0.25, 0.3) is 11.1 Å². The van der Waals surface area contributed by atoms with Gasteiger partial charge in [0.15, 0.2) is 0 Å². The first kappa shape index (κ1) is 38.4. The number of aromatic nitrogens is 1. The largest absolute Gasteiger partial charge is 0.465 e. The van der Waals surface area contributed by atoms with Crippen molar-refractivity contribution in [3.63, 3.8) is 0 Å². The van der Waals surface area contributed by atoms with Crippen molar-refractivity contribution in [2.45, 2.75) is 120 Å². The Kier molecular flexibility index (Phi) is 10.2. The second kappa shape index (κ2) is 14.3. The van der Waals surface area contributed by atoms with Crippen LogP contribution in [0.1, 0.15) is 89.2 Å². The van der Waals surface area contributed by atoms with E-state index < -0.39 is 68.0 Å². The number of hydrogen-bond acceptors (Lipinski definition) is 9. The van der Waals surface area contributed by atoms with Crippen LogP contribution in [0.3, 0.4) is 0 Å². The number of ether oxygens (including phenoxy) is 1. The number of amides is 3. The number of aryl methyl sites for hydroxylation is 1. The van der Waals surface area contributed by atoms with Crippen molar-refractivity contribution in [2.24, 2.45) is 11.8 Å². The van der Waals surface area contributed by atoms with Crippen LogP contribution in [0.2, 0.25) is 0 Å². The number of nitrogens with zero attached hydrogens (tertiary/aromatic N) is 2. The molecular formula is C38H46F3N5O6S2. The Balaban J connectivity index is 1.20. The molecular weight excluding hydrogens is 744 g/mol. The van der Waals surface area contributed by atoms with Gasteiger partial charge in [-0.05, 0) is 87.3 Å². The second-order valence-corrected chi connectivity index (χ2v) is 19.0. The number of halogens is 3. The molecule has 1 unspecified atom stereocenters. The van der Waals surface area contributed by atoms with Crippen LogP contribution in [0.15, 0.2) is 42.5 Å². The van der Waals surface area contributed by atoms with Crippen molar-refractivity contribution in [3.8, 4) is 5.19 Å². The highest BCUT2D eigenvalue weighted by Crippen LogP contribution is 2.51. The Morgan fingerprint density at radius 3 is 2.54 bits per heavy atom. The maximum atomic E-state index is 14.6. The summed E-state index contributed by atoms with van der Waals surface area (Å²) in [5.41, 5.74) is -0.428. The first-order valence-electron chi connectivity index (χ1n) is 18.6. The lowest BCUT2D eigenvalue weighted by Gasteiger charge is -2.30. The lowest BCUT2D eigenvalue weighted by molar-refractivity contribution is -0.140. The maximum absolute atomic E-state index is 14.6. The van der Waals surface area contributed by atoms with Crippen LogP contribution in [0, 0.1) is 18.8 Å². The van der Waals surface area contributed by atoms with Crippen molar-refractivity contribution in [1.29, 1.82) is 0 Å². The molecule has 11 nitrogen and oxygen atoms in total. The van der Waals surface area contributed by atoms with E-state index in [1.54, 1.807) is 6.92 Å². The Labute approximate surface area is 316 Å². The normalized spacial score (nSPS) is 28.9. The zero-order chi connectivity index (χ0) is 38.6. The van der Waals surface area contributed by atoms with Gasteiger partial charge in [0.05, 0.1) is 27.1 Å². The Morgan fingerprint density at radius 2 is 1.81 bits per heavy atom. The second-order valence-electron chi connectivity index (χ2n) is 15.8. The summed E-state index contributed by atoms with van der Waals surface area (Å²) in [7, 11) is -4.00. The highest BCUT2D eigenvalue weighted by Gasteiger charge is 2.65. The smallest absolute Gasteiger partial charge is 0.416 e. The third kappa shape index (κ3) is 7.77. The summed E-state index contributed by atoms with van der Waals surface area (Å²) in [6.07, 6.45) is -0.0194. The molecule has 1 aromatic heterocycles. The van der Waals surface area contributed by atoms with E-state index in [0.29, 0.717) is 30.9 Å². The summed E-state index contributed by atoms with van der Waals surface area (Å²) >= 11 is 1.34. The first-order chi connectivity index (χ1) is 25.5. The third-order valence-electron chi connectivity index (χ3n) is 11.7. The number of sulfonamides is 1. The molecule has 4 fully saturated rings. The number of benzene rings is 2. The minimum absolute atomic E-state index is 0.00390. The Morgan fingerprint density at radius 1 is 1.07 bits per heavy atom. The molecule has 2 aliphatic carbocycles. The van der Waals surface area contributed by atoms with E-state index in [9.17, 15) is 36.0 Å². The van der Waals surface area contributed by atoms with Crippen LogP contribution in [-0.4, -0.2) is 71.0 Å². The van der Waals surface area contributed by atoms with E-state index in [4.69, 9.17) is 4.74 Å². The van der Waals surface area contributed by atoms with Crippen molar-refractivity contribution in [1.82, 2.24) is 19.9 Å². The lowest BCUT2D eigenvalue weighted by Crippen LogP contribution is -2.58. The predicted octanol–water partition coefficient (Wildman–Crippen LogP) is 6.32. The fourth-order valence-corrected chi connectivity index (χ4v) is 10.2. The molecule has 7 rings (SSSR count). The van der Waals surface area contributed by atoms with Gasteiger partial charge in [0.2, 0.25) is 21.8 Å². The lowest BCUT2D eigenvalue weighted by atomic mass is 9.94. The number of nitrogens with one attached hydrogen (secondary N) is 3. The molecule has 0 bridgehead atoms. The number of fused-ring (bicyclic) bond motifs is 3. The van der Waals surface area contributed by atoms with E-state index in [2.05, 4.69) is 20.3 Å². The average molecular weight is 790 g/mol. The van der Waals surface area contributed by atoms with Gasteiger partial charge in [-0.25, -0.2) is 13.4 Å². The average Bonchev–Trinajstić information content (AvgIpc) is 3.94. The fraction of sp³-hybridized carbons (Fsp3) is 0.579. The van der Waals surface area contributed by atoms with E-state index in [-0.39, 0.29) is 36.9 Å². The Bertz CT molecular complexity index is 2050. The molecule has 6 atom stereocenters. The molecule has 4 aliphatic rings. The van der Waals surface area contributed by atoms with Gasteiger partial charge in [-0.1, -0.05) is 62.5 Å². The highest BCUT2D eigenvalue weighted by molar-refractivity contribution is 7.91. The number of anilines is 1. The first-order valence-corrected chi connectivity index (χ1v) is 20.9. The van der Waals surface area contributed by atoms with Crippen molar-refractivity contribution >= 4 is 55.0 Å². The summed E-state index contributed by atoms with van der Waals surface area (Å²) in [5.74, 6) is -2.20. The van der Waals surface area contributed by atoms with Gasteiger partial charge in [-0.2, -0.15) is 13.2 Å². The van der Waals surface area contributed by atoms with Gasteiger partial charge >= 0.3 is 6.18 Å². The molecule has 54 heavy (non-hydrogen) atoms. The molecule has 16 heteroatoms. The van der Waals surface area contributed by atoms with Crippen LogP contribution >= 0.6 is 11.3 Å². The van der Waals surface area contributed by atoms with Gasteiger partial charge < -0.3 is 20.3 Å². The zero-order valence-corrected chi connectivity index (χ0v) is 32.1. The zero-order valence-electron chi connectivity index (χ0n) is 30.5. The number of thiazole rings is 1. The van der Waals surface area contributed by atoms with Crippen LogP contribution in [0.4, 0.5) is 18.9 Å². The number of hydrogen-bond donors (Lipinski definition) is 3. The number of rotatable bonds is 7. The molecule has 2 aliphatic heterocycles. The van der Waals surface area contributed by atoms with Gasteiger partial charge in [-0.3, -0.25) is 19.1 Å². The van der Waals surface area contributed by atoms with Crippen molar-refractivity contribution in [3.05, 3.63) is 53.6 Å². The third-order valence-corrected chi connectivity index (χ3v) is 14.7. The molecule has 3 aromatic rings. The standard InChI is InChI=1S/C38H46F3N5O6S2/c1-22-13-14-28-31(17-22)53-35(43-28)52-26-19-30-32(47)44-37(34(49)45-54(50,51)36(3)15-16-36)20-27(37)23(2)9-6-4-5-7-12-29(33(48)46(30)21-26)42-25-11-8-10-24(18-25)38(39,40)41/h8,10-11,13-14,17-18,23,26-27,29-30,42H,4-7,9,12,15-16,19-21H2,1-3H3,(H,44,47)(H,45,49)/t23?,26-,27+,29+,30+,37-/m1/s1. The molecule has 3 amide bonds. The van der Waals surface area contributed by atoms with E-state index >= 15 is 0 Å². The van der Waals surface area contributed by atoms with Gasteiger partial charge in [0, 0.05) is 12.1 Å². The van der Waals surface area contributed by atoms with E-state index in [0.717, 1.165) is 53.6 Å². The number of carbonyl (C=O) groups excluding carboxylic acids is 3. The van der Waals surface area contributed by atoms with E-state index in [1.165, 1.54) is 28.4 Å². The summed E-state index contributed by atoms with van der Waals surface area (Å²) < 4.78 is 75.7. The van der Waals surface area contributed by atoms with Crippen LogP contribution in [-0.2, 0) is 30.6 Å². The van der Waals surface area contributed by atoms with Crippen LogP contribution in [0.25, 0.3) is 10.2 Å².